The molecule has 0 amide bonds. The van der Waals surface area contributed by atoms with Crippen molar-refractivity contribution in [3.8, 4) is 28.5 Å². The Kier molecular flexibility index (Phi) is 5.36. The van der Waals surface area contributed by atoms with Crippen LogP contribution >= 0.6 is 12.4 Å². The number of pyridine rings is 1. The van der Waals surface area contributed by atoms with Gasteiger partial charge in [0, 0.05) is 10.9 Å². The van der Waals surface area contributed by atoms with Gasteiger partial charge in [0.05, 0.1) is 27.0 Å². The molecule has 6 heteroatoms. The van der Waals surface area contributed by atoms with Crippen molar-refractivity contribution in [3.05, 3.63) is 42.5 Å². The molecule has 0 spiro atoms. The molecule has 1 heterocycles. The molecule has 0 atom stereocenters. The quantitative estimate of drug-likeness (QED) is 0.775. The fourth-order valence-electron chi connectivity index (χ4n) is 2.54. The molecule has 0 saturated carbocycles. The Morgan fingerprint density at radius 2 is 1.58 bits per heavy atom. The van der Waals surface area contributed by atoms with Gasteiger partial charge in [0.2, 0.25) is 0 Å². The van der Waals surface area contributed by atoms with Crippen molar-refractivity contribution in [3.63, 3.8) is 0 Å². The van der Waals surface area contributed by atoms with Gasteiger partial charge in [0.1, 0.15) is 11.6 Å². The van der Waals surface area contributed by atoms with E-state index in [1.165, 1.54) is 0 Å². The van der Waals surface area contributed by atoms with E-state index in [0.717, 1.165) is 27.8 Å². The van der Waals surface area contributed by atoms with Crippen molar-refractivity contribution in [2.45, 2.75) is 0 Å². The lowest BCUT2D eigenvalue weighted by molar-refractivity contribution is 0.356. The van der Waals surface area contributed by atoms with Crippen LogP contribution in [0.2, 0.25) is 0 Å². The second-order valence-electron chi connectivity index (χ2n) is 5.05. The van der Waals surface area contributed by atoms with Crippen molar-refractivity contribution in [2.75, 3.05) is 27.1 Å². The number of halogens is 1. The summed E-state index contributed by atoms with van der Waals surface area (Å²) in [7, 11) is 4.84. The molecule has 3 aromatic rings. The van der Waals surface area contributed by atoms with Gasteiger partial charge in [-0.2, -0.15) is 0 Å². The Bertz CT molecular complexity index is 868. The number of ether oxygens (including phenoxy) is 3. The van der Waals surface area contributed by atoms with Crippen LogP contribution < -0.4 is 19.9 Å². The summed E-state index contributed by atoms with van der Waals surface area (Å²) in [5.41, 5.74) is 7.86. The molecule has 0 saturated heterocycles. The molecule has 2 aromatic carbocycles. The summed E-state index contributed by atoms with van der Waals surface area (Å²) < 4.78 is 15.9. The number of nitrogen functional groups attached to an aromatic ring is 1. The zero-order chi connectivity index (χ0) is 16.4. The zero-order valence-corrected chi connectivity index (χ0v) is 14.5. The summed E-state index contributed by atoms with van der Waals surface area (Å²) >= 11 is 0. The van der Waals surface area contributed by atoms with E-state index in [9.17, 15) is 0 Å². The minimum atomic E-state index is 0. The Labute approximate surface area is 146 Å². The molecule has 126 valence electrons. The molecule has 0 fully saturated rings. The normalized spacial score (nSPS) is 10.1. The first-order valence-corrected chi connectivity index (χ1v) is 7.13. The predicted molar refractivity (Wildman–Crippen MR) is 98.5 cm³/mol. The number of rotatable bonds is 4. The van der Waals surface area contributed by atoms with Gasteiger partial charge < -0.3 is 19.9 Å². The van der Waals surface area contributed by atoms with Crippen LogP contribution in [0, 0.1) is 0 Å². The van der Waals surface area contributed by atoms with Gasteiger partial charge in [-0.05, 0) is 35.7 Å². The summed E-state index contributed by atoms with van der Waals surface area (Å²) in [4.78, 5) is 4.50. The number of aromatic nitrogens is 1. The van der Waals surface area contributed by atoms with Crippen LogP contribution in [0.5, 0.6) is 17.2 Å². The Balaban J connectivity index is 0.00000208. The summed E-state index contributed by atoms with van der Waals surface area (Å²) in [5, 5.41) is 1.77. The summed E-state index contributed by atoms with van der Waals surface area (Å²) in [5.74, 6) is 2.50. The number of benzene rings is 2. The molecule has 0 aliphatic rings. The monoisotopic (exact) mass is 346 g/mol. The molecule has 2 N–H and O–H groups in total. The van der Waals surface area contributed by atoms with Crippen LogP contribution in [0.1, 0.15) is 0 Å². The van der Waals surface area contributed by atoms with Crippen LogP contribution in [0.3, 0.4) is 0 Å². The van der Waals surface area contributed by atoms with E-state index in [-0.39, 0.29) is 12.4 Å². The summed E-state index contributed by atoms with van der Waals surface area (Å²) in [6.07, 6.45) is 0. The fourth-order valence-corrected chi connectivity index (χ4v) is 2.54. The highest BCUT2D eigenvalue weighted by molar-refractivity contribution is 5.96. The number of hydrogen-bond acceptors (Lipinski definition) is 5. The zero-order valence-electron chi connectivity index (χ0n) is 13.7. The Morgan fingerprint density at radius 1 is 0.875 bits per heavy atom. The molecule has 0 radical (unpaired) electrons. The molecular weight excluding hydrogens is 328 g/mol. The second-order valence-corrected chi connectivity index (χ2v) is 5.05. The van der Waals surface area contributed by atoms with Crippen molar-refractivity contribution in [2.24, 2.45) is 0 Å². The van der Waals surface area contributed by atoms with Gasteiger partial charge in [-0.3, -0.25) is 0 Å². The SMILES string of the molecule is COc1cccc(-c2cc3cc(OC)c(OC)cc3c(N)n2)c1.Cl. The van der Waals surface area contributed by atoms with Crippen molar-refractivity contribution in [1.82, 2.24) is 4.98 Å². The van der Waals surface area contributed by atoms with Gasteiger partial charge in [0.15, 0.2) is 11.5 Å². The van der Waals surface area contributed by atoms with E-state index in [1.807, 2.05) is 42.5 Å². The van der Waals surface area contributed by atoms with Gasteiger partial charge >= 0.3 is 0 Å². The minimum absolute atomic E-state index is 0. The lowest BCUT2D eigenvalue weighted by Crippen LogP contribution is -1.97. The van der Waals surface area contributed by atoms with Crippen LogP contribution in [-0.4, -0.2) is 26.3 Å². The largest absolute Gasteiger partial charge is 0.497 e. The first-order chi connectivity index (χ1) is 11.2. The van der Waals surface area contributed by atoms with Crippen LogP contribution in [0.15, 0.2) is 42.5 Å². The maximum absolute atomic E-state index is 6.14. The Hall–Kier alpha value is -2.66. The van der Waals surface area contributed by atoms with Gasteiger partial charge in [-0.25, -0.2) is 4.98 Å². The van der Waals surface area contributed by atoms with Gasteiger partial charge in [-0.15, -0.1) is 12.4 Å². The van der Waals surface area contributed by atoms with E-state index >= 15 is 0 Å². The number of nitrogens with zero attached hydrogens (tertiary/aromatic N) is 1. The third kappa shape index (κ3) is 3.16. The molecule has 0 unspecified atom stereocenters. The molecule has 1 aromatic heterocycles. The molecule has 0 bridgehead atoms. The maximum atomic E-state index is 6.14. The molecular formula is C18H19ClN2O3. The average Bonchev–Trinajstić information content (AvgIpc) is 2.60. The van der Waals surface area contributed by atoms with E-state index in [1.54, 1.807) is 21.3 Å². The third-order valence-electron chi connectivity index (χ3n) is 3.73. The Morgan fingerprint density at radius 3 is 2.25 bits per heavy atom. The summed E-state index contributed by atoms with van der Waals surface area (Å²) in [6, 6.07) is 13.4. The topological polar surface area (TPSA) is 66.6 Å². The van der Waals surface area contributed by atoms with E-state index in [4.69, 9.17) is 19.9 Å². The highest BCUT2D eigenvalue weighted by Crippen LogP contribution is 2.36. The maximum Gasteiger partial charge on any atom is 0.161 e. The van der Waals surface area contributed by atoms with Crippen LogP contribution in [0.4, 0.5) is 5.82 Å². The van der Waals surface area contributed by atoms with Crippen LogP contribution in [-0.2, 0) is 0 Å². The van der Waals surface area contributed by atoms with E-state index < -0.39 is 0 Å². The lowest BCUT2D eigenvalue weighted by atomic mass is 10.1. The highest BCUT2D eigenvalue weighted by atomic mass is 35.5. The number of methoxy groups -OCH3 is 3. The lowest BCUT2D eigenvalue weighted by Gasteiger charge is -2.12. The molecule has 0 aliphatic carbocycles. The van der Waals surface area contributed by atoms with Gasteiger partial charge in [0.25, 0.3) is 0 Å². The third-order valence-corrected chi connectivity index (χ3v) is 3.73. The standard InChI is InChI=1S/C18H18N2O3.ClH/c1-21-13-6-4-5-11(7-13)15-8-12-9-16(22-2)17(23-3)10-14(12)18(19)20-15;/h4-10H,1-3H3,(H2,19,20);1H. The minimum Gasteiger partial charge on any atom is -0.497 e. The number of hydrogen-bond donors (Lipinski definition) is 1. The molecule has 24 heavy (non-hydrogen) atoms. The fraction of sp³-hybridized carbons (Fsp3) is 0.167. The van der Waals surface area contributed by atoms with E-state index in [0.29, 0.717) is 17.3 Å². The number of fused-ring (bicyclic) bond motifs is 1. The molecule has 3 rings (SSSR count). The predicted octanol–water partition coefficient (Wildman–Crippen LogP) is 3.93. The highest BCUT2D eigenvalue weighted by Gasteiger charge is 2.11. The van der Waals surface area contributed by atoms with E-state index in [2.05, 4.69) is 4.98 Å². The smallest absolute Gasteiger partial charge is 0.161 e. The van der Waals surface area contributed by atoms with Crippen molar-refractivity contribution in [1.29, 1.82) is 0 Å². The van der Waals surface area contributed by atoms with Crippen molar-refractivity contribution >= 4 is 29.0 Å². The number of nitrogens with two attached hydrogens (primary N) is 1. The first kappa shape index (κ1) is 17.7. The van der Waals surface area contributed by atoms with Gasteiger partial charge in [-0.1, -0.05) is 12.1 Å². The average molecular weight is 347 g/mol. The molecule has 5 nitrogen and oxygen atoms in total. The second kappa shape index (κ2) is 7.27. The van der Waals surface area contributed by atoms with Crippen molar-refractivity contribution < 1.29 is 14.2 Å². The molecule has 0 aliphatic heterocycles. The first-order valence-electron chi connectivity index (χ1n) is 7.13. The summed E-state index contributed by atoms with van der Waals surface area (Å²) in [6.45, 7) is 0. The van der Waals surface area contributed by atoms with Crippen LogP contribution in [0.25, 0.3) is 22.0 Å². The number of anilines is 1.